The van der Waals surface area contributed by atoms with Gasteiger partial charge in [0, 0.05) is 5.69 Å². The standard InChI is InChI=1S/C18H17F3N2O4/c1-2-26-15-6-4-3-5-14(15)23-16(24)10-27-17(25)12-8-7-11(9-13(12)22)18(19,20)21/h3-9H,2,10,22H2,1H3,(H,23,24). The van der Waals surface area contributed by atoms with Gasteiger partial charge in [-0.25, -0.2) is 4.79 Å². The first-order chi connectivity index (χ1) is 12.7. The average Bonchev–Trinajstić information content (AvgIpc) is 2.60. The van der Waals surface area contributed by atoms with Crippen molar-refractivity contribution >= 4 is 23.3 Å². The molecule has 0 saturated carbocycles. The third-order valence-electron chi connectivity index (χ3n) is 3.39. The van der Waals surface area contributed by atoms with E-state index in [0.29, 0.717) is 30.2 Å². The molecule has 0 bridgehead atoms. The lowest BCUT2D eigenvalue weighted by Gasteiger charge is -2.12. The number of amides is 1. The van der Waals surface area contributed by atoms with E-state index in [2.05, 4.69) is 5.32 Å². The molecule has 0 fully saturated rings. The molecule has 2 aromatic carbocycles. The predicted octanol–water partition coefficient (Wildman–Crippen LogP) is 3.48. The SMILES string of the molecule is CCOc1ccccc1NC(=O)COC(=O)c1ccc(C(F)(F)F)cc1N. The van der Waals surface area contributed by atoms with Gasteiger partial charge < -0.3 is 20.5 Å². The number of hydrogen-bond acceptors (Lipinski definition) is 5. The van der Waals surface area contributed by atoms with Gasteiger partial charge in [-0.2, -0.15) is 13.2 Å². The monoisotopic (exact) mass is 382 g/mol. The summed E-state index contributed by atoms with van der Waals surface area (Å²) >= 11 is 0. The number of esters is 1. The van der Waals surface area contributed by atoms with Crippen LogP contribution in [0, 0.1) is 0 Å². The summed E-state index contributed by atoms with van der Waals surface area (Å²) in [6, 6.07) is 8.94. The fourth-order valence-electron chi connectivity index (χ4n) is 2.17. The highest BCUT2D eigenvalue weighted by Crippen LogP contribution is 2.31. The molecule has 0 atom stereocenters. The Kier molecular flexibility index (Phi) is 6.27. The second-order valence-electron chi connectivity index (χ2n) is 5.35. The normalized spacial score (nSPS) is 11.0. The molecule has 1 amide bonds. The Morgan fingerprint density at radius 2 is 1.85 bits per heavy atom. The highest BCUT2D eigenvalue weighted by atomic mass is 19.4. The minimum atomic E-state index is -4.58. The molecule has 0 radical (unpaired) electrons. The number of anilines is 2. The molecule has 9 heteroatoms. The number of alkyl halides is 3. The molecule has 3 N–H and O–H groups in total. The van der Waals surface area contributed by atoms with Crippen LogP contribution in [0.3, 0.4) is 0 Å². The molecule has 27 heavy (non-hydrogen) atoms. The van der Waals surface area contributed by atoms with Gasteiger partial charge >= 0.3 is 12.1 Å². The molecule has 0 saturated heterocycles. The van der Waals surface area contributed by atoms with E-state index in [0.717, 1.165) is 6.07 Å². The molecule has 0 spiro atoms. The van der Waals surface area contributed by atoms with E-state index in [9.17, 15) is 22.8 Å². The zero-order chi connectivity index (χ0) is 20.0. The largest absolute Gasteiger partial charge is 0.492 e. The lowest BCUT2D eigenvalue weighted by atomic mass is 10.1. The maximum atomic E-state index is 12.6. The van der Waals surface area contributed by atoms with Gasteiger partial charge in [0.25, 0.3) is 5.91 Å². The highest BCUT2D eigenvalue weighted by molar-refractivity contribution is 5.98. The van der Waals surface area contributed by atoms with E-state index in [1.807, 2.05) is 0 Å². The van der Waals surface area contributed by atoms with E-state index < -0.39 is 35.9 Å². The first kappa shape index (κ1) is 20.1. The van der Waals surface area contributed by atoms with E-state index in [1.54, 1.807) is 31.2 Å². The van der Waals surface area contributed by atoms with Crippen LogP contribution in [0.25, 0.3) is 0 Å². The predicted molar refractivity (Wildman–Crippen MR) is 92.4 cm³/mol. The number of halogens is 3. The lowest BCUT2D eigenvalue weighted by Crippen LogP contribution is -2.22. The van der Waals surface area contributed by atoms with Crippen molar-refractivity contribution in [2.45, 2.75) is 13.1 Å². The number of nitrogen functional groups attached to an aromatic ring is 1. The summed E-state index contributed by atoms with van der Waals surface area (Å²) in [6.45, 7) is 1.55. The Bertz CT molecular complexity index is 838. The Morgan fingerprint density at radius 1 is 1.15 bits per heavy atom. The molecule has 2 rings (SSSR count). The second kappa shape index (κ2) is 8.43. The Balaban J connectivity index is 1.98. The smallest absolute Gasteiger partial charge is 0.416 e. The minimum absolute atomic E-state index is 0.259. The van der Waals surface area contributed by atoms with Crippen molar-refractivity contribution in [2.24, 2.45) is 0 Å². The van der Waals surface area contributed by atoms with Crippen molar-refractivity contribution in [3.8, 4) is 5.75 Å². The molecule has 2 aromatic rings. The quantitative estimate of drug-likeness (QED) is 0.590. The van der Waals surface area contributed by atoms with E-state index in [1.165, 1.54) is 0 Å². The van der Waals surface area contributed by atoms with Crippen LogP contribution < -0.4 is 15.8 Å². The maximum Gasteiger partial charge on any atom is 0.416 e. The van der Waals surface area contributed by atoms with Crippen LogP contribution in [-0.2, 0) is 15.7 Å². The van der Waals surface area contributed by atoms with Crippen molar-refractivity contribution in [1.82, 2.24) is 0 Å². The van der Waals surface area contributed by atoms with Gasteiger partial charge in [0.2, 0.25) is 0 Å². The summed E-state index contributed by atoms with van der Waals surface area (Å²) in [5, 5.41) is 2.52. The zero-order valence-corrected chi connectivity index (χ0v) is 14.3. The number of ether oxygens (including phenoxy) is 2. The van der Waals surface area contributed by atoms with Crippen LogP contribution in [-0.4, -0.2) is 25.1 Å². The lowest BCUT2D eigenvalue weighted by molar-refractivity contribution is -0.137. The first-order valence-corrected chi connectivity index (χ1v) is 7.88. The van der Waals surface area contributed by atoms with Crippen molar-refractivity contribution in [3.63, 3.8) is 0 Å². The summed E-state index contributed by atoms with van der Waals surface area (Å²) in [5.74, 6) is -1.19. The molecule has 144 valence electrons. The fraction of sp³-hybridized carbons (Fsp3) is 0.222. The molecule has 6 nitrogen and oxygen atoms in total. The van der Waals surface area contributed by atoms with E-state index >= 15 is 0 Å². The number of para-hydroxylation sites is 2. The Labute approximate surface area is 153 Å². The number of hydrogen-bond donors (Lipinski definition) is 2. The fourth-order valence-corrected chi connectivity index (χ4v) is 2.17. The van der Waals surface area contributed by atoms with Crippen molar-refractivity contribution in [1.29, 1.82) is 0 Å². The van der Waals surface area contributed by atoms with Gasteiger partial charge in [-0.05, 0) is 37.3 Å². The number of nitrogens with one attached hydrogen (secondary N) is 1. The first-order valence-electron chi connectivity index (χ1n) is 7.88. The molecule has 0 aromatic heterocycles. The van der Waals surface area contributed by atoms with Crippen LogP contribution >= 0.6 is 0 Å². The summed E-state index contributed by atoms with van der Waals surface area (Å²) in [7, 11) is 0. The highest BCUT2D eigenvalue weighted by Gasteiger charge is 2.31. The maximum absolute atomic E-state index is 12.6. The van der Waals surface area contributed by atoms with Gasteiger partial charge in [0.05, 0.1) is 23.4 Å². The molecular formula is C18H17F3N2O4. The number of benzene rings is 2. The second-order valence-corrected chi connectivity index (χ2v) is 5.35. The molecule has 0 unspecified atom stereocenters. The van der Waals surface area contributed by atoms with Crippen LogP contribution in [0.1, 0.15) is 22.8 Å². The summed E-state index contributed by atoms with van der Waals surface area (Å²) in [6.07, 6.45) is -4.58. The molecule has 0 heterocycles. The number of carbonyl (C=O) groups excluding carboxylic acids is 2. The van der Waals surface area contributed by atoms with Crippen molar-refractivity contribution in [2.75, 3.05) is 24.3 Å². The average molecular weight is 382 g/mol. The molecule has 0 aliphatic heterocycles. The van der Waals surface area contributed by atoms with Crippen molar-refractivity contribution in [3.05, 3.63) is 53.6 Å². The molecule has 0 aliphatic carbocycles. The van der Waals surface area contributed by atoms with Crippen LogP contribution in [0.4, 0.5) is 24.5 Å². The molecule has 0 aliphatic rings. The zero-order valence-electron chi connectivity index (χ0n) is 14.3. The van der Waals surface area contributed by atoms with Crippen LogP contribution in [0.2, 0.25) is 0 Å². The Hall–Kier alpha value is -3.23. The number of rotatable bonds is 6. The topological polar surface area (TPSA) is 90.6 Å². The summed E-state index contributed by atoms with van der Waals surface area (Å²) in [5.41, 5.74) is 4.25. The van der Waals surface area contributed by atoms with Crippen molar-refractivity contribution < 1.29 is 32.2 Å². The van der Waals surface area contributed by atoms with Crippen LogP contribution in [0.15, 0.2) is 42.5 Å². The van der Waals surface area contributed by atoms with Gasteiger partial charge in [0.1, 0.15) is 5.75 Å². The van der Waals surface area contributed by atoms with Crippen LogP contribution in [0.5, 0.6) is 5.75 Å². The summed E-state index contributed by atoms with van der Waals surface area (Å²) < 4.78 is 48.0. The van der Waals surface area contributed by atoms with Gasteiger partial charge in [0.15, 0.2) is 6.61 Å². The minimum Gasteiger partial charge on any atom is -0.492 e. The third kappa shape index (κ3) is 5.37. The van der Waals surface area contributed by atoms with Gasteiger partial charge in [-0.3, -0.25) is 4.79 Å². The van der Waals surface area contributed by atoms with Gasteiger partial charge in [-0.1, -0.05) is 12.1 Å². The number of carbonyl (C=O) groups is 2. The Morgan fingerprint density at radius 3 is 2.48 bits per heavy atom. The summed E-state index contributed by atoms with van der Waals surface area (Å²) in [4.78, 5) is 23.9. The van der Waals surface area contributed by atoms with E-state index in [-0.39, 0.29) is 5.56 Å². The van der Waals surface area contributed by atoms with Gasteiger partial charge in [-0.15, -0.1) is 0 Å². The van der Waals surface area contributed by atoms with E-state index in [4.69, 9.17) is 15.2 Å². The third-order valence-corrected chi connectivity index (χ3v) is 3.39. The molecular weight excluding hydrogens is 365 g/mol. The number of nitrogens with two attached hydrogens (primary N) is 1.